The van der Waals surface area contributed by atoms with Crippen LogP contribution in [0.5, 0.6) is 0 Å². The zero-order valence-electron chi connectivity index (χ0n) is 14.7. The molecule has 3 N–H and O–H groups in total. The van der Waals surface area contributed by atoms with Crippen molar-refractivity contribution in [2.45, 2.75) is 6.42 Å². The molecule has 2 aromatic rings. The van der Waals surface area contributed by atoms with Crippen molar-refractivity contribution in [1.82, 2.24) is 16.0 Å². The lowest BCUT2D eigenvalue weighted by atomic mass is 10.1. The third-order valence-electron chi connectivity index (χ3n) is 3.58. The molecule has 0 saturated heterocycles. The maximum absolute atomic E-state index is 11.9. The number of halogens is 2. The van der Waals surface area contributed by atoms with E-state index in [0.717, 1.165) is 18.0 Å². The van der Waals surface area contributed by atoms with E-state index in [2.05, 4.69) is 20.9 Å². The van der Waals surface area contributed by atoms with E-state index in [1.165, 1.54) is 5.56 Å². The van der Waals surface area contributed by atoms with Crippen molar-refractivity contribution < 1.29 is 4.79 Å². The summed E-state index contributed by atoms with van der Waals surface area (Å²) in [6, 6.07) is 17.0. The molecule has 0 heterocycles. The number of guanidine groups is 1. The van der Waals surface area contributed by atoms with E-state index < -0.39 is 0 Å². The number of carbonyl (C=O) groups excluding carboxylic acids is 1. The predicted octanol–water partition coefficient (Wildman–Crippen LogP) is 3.10. The molecular weight excluding hydrogens is 463 g/mol. The third-order valence-corrected chi connectivity index (χ3v) is 3.83. The fourth-order valence-corrected chi connectivity index (χ4v) is 2.37. The van der Waals surface area contributed by atoms with Crippen LogP contribution in [0.15, 0.2) is 59.6 Å². The Morgan fingerprint density at radius 2 is 1.54 bits per heavy atom. The largest absolute Gasteiger partial charge is 0.356 e. The van der Waals surface area contributed by atoms with Crippen LogP contribution in [0.2, 0.25) is 5.02 Å². The van der Waals surface area contributed by atoms with Crippen LogP contribution in [0, 0.1) is 0 Å². The van der Waals surface area contributed by atoms with E-state index in [9.17, 15) is 4.79 Å². The van der Waals surface area contributed by atoms with Gasteiger partial charge in [0.2, 0.25) is 0 Å². The SMILES string of the molecule is CN=C(NCCNC(=O)c1ccccc1)NCCc1ccc(Cl)cc1.I. The molecule has 7 heteroatoms. The minimum atomic E-state index is -0.0758. The second-order valence-corrected chi connectivity index (χ2v) is 5.86. The second-order valence-electron chi connectivity index (χ2n) is 5.42. The van der Waals surface area contributed by atoms with Crippen molar-refractivity contribution in [2.24, 2.45) is 4.99 Å². The average Bonchev–Trinajstić information content (AvgIpc) is 2.65. The van der Waals surface area contributed by atoms with Gasteiger partial charge in [-0.15, -0.1) is 24.0 Å². The number of amides is 1. The number of aliphatic imine (C=N–C) groups is 1. The Kier molecular flexibility index (Phi) is 10.7. The van der Waals surface area contributed by atoms with Gasteiger partial charge in [0.15, 0.2) is 5.96 Å². The van der Waals surface area contributed by atoms with E-state index >= 15 is 0 Å². The van der Waals surface area contributed by atoms with Gasteiger partial charge in [0.05, 0.1) is 0 Å². The average molecular weight is 487 g/mol. The fourth-order valence-electron chi connectivity index (χ4n) is 2.25. The summed E-state index contributed by atoms with van der Waals surface area (Å²) in [7, 11) is 1.72. The van der Waals surface area contributed by atoms with E-state index in [1.807, 2.05) is 42.5 Å². The smallest absolute Gasteiger partial charge is 0.251 e. The van der Waals surface area contributed by atoms with Gasteiger partial charge in [-0.25, -0.2) is 0 Å². The Bertz CT molecular complexity index is 692. The number of carbonyl (C=O) groups is 1. The summed E-state index contributed by atoms with van der Waals surface area (Å²) >= 11 is 5.88. The molecule has 0 aliphatic heterocycles. The first-order valence-corrected chi connectivity index (χ1v) is 8.59. The second kappa shape index (κ2) is 12.5. The van der Waals surface area contributed by atoms with Crippen LogP contribution in [0.1, 0.15) is 15.9 Å². The van der Waals surface area contributed by atoms with Gasteiger partial charge in [-0.05, 0) is 36.2 Å². The van der Waals surface area contributed by atoms with E-state index in [0.29, 0.717) is 24.6 Å². The van der Waals surface area contributed by atoms with Gasteiger partial charge >= 0.3 is 0 Å². The zero-order valence-corrected chi connectivity index (χ0v) is 17.8. The Morgan fingerprint density at radius 3 is 2.19 bits per heavy atom. The van der Waals surface area contributed by atoms with Crippen LogP contribution in [0.4, 0.5) is 0 Å². The number of hydrogen-bond donors (Lipinski definition) is 3. The van der Waals surface area contributed by atoms with Crippen LogP contribution in [-0.2, 0) is 6.42 Å². The van der Waals surface area contributed by atoms with Crippen molar-refractivity contribution in [1.29, 1.82) is 0 Å². The molecule has 26 heavy (non-hydrogen) atoms. The van der Waals surface area contributed by atoms with Crippen molar-refractivity contribution in [2.75, 3.05) is 26.7 Å². The molecule has 0 atom stereocenters. The van der Waals surface area contributed by atoms with Gasteiger partial charge < -0.3 is 16.0 Å². The minimum absolute atomic E-state index is 0. The number of benzene rings is 2. The van der Waals surface area contributed by atoms with E-state index in [4.69, 9.17) is 11.6 Å². The Morgan fingerprint density at radius 1 is 0.923 bits per heavy atom. The zero-order chi connectivity index (χ0) is 17.9. The summed E-state index contributed by atoms with van der Waals surface area (Å²) in [5.74, 6) is 0.635. The number of nitrogens with one attached hydrogen (secondary N) is 3. The highest BCUT2D eigenvalue weighted by Gasteiger charge is 2.03. The maximum Gasteiger partial charge on any atom is 0.251 e. The van der Waals surface area contributed by atoms with Crippen molar-refractivity contribution in [3.05, 3.63) is 70.7 Å². The highest BCUT2D eigenvalue weighted by molar-refractivity contribution is 14.0. The van der Waals surface area contributed by atoms with Gasteiger partial charge in [-0.1, -0.05) is 41.9 Å². The lowest BCUT2D eigenvalue weighted by Crippen LogP contribution is -2.42. The molecular formula is C19H24ClIN4O. The third kappa shape index (κ3) is 8.05. The lowest BCUT2D eigenvalue weighted by molar-refractivity contribution is 0.0954. The Balaban J connectivity index is 0.00000338. The van der Waals surface area contributed by atoms with Gasteiger partial charge in [-0.2, -0.15) is 0 Å². The Hall–Kier alpha value is -1.80. The molecule has 0 radical (unpaired) electrons. The molecule has 0 spiro atoms. The number of nitrogens with zero attached hydrogens (tertiary/aromatic N) is 1. The van der Waals surface area contributed by atoms with E-state index in [1.54, 1.807) is 19.2 Å². The van der Waals surface area contributed by atoms with Crippen LogP contribution in [0.25, 0.3) is 0 Å². The molecule has 0 aromatic heterocycles. The first-order chi connectivity index (χ1) is 12.2. The molecule has 140 valence electrons. The maximum atomic E-state index is 11.9. The molecule has 0 bridgehead atoms. The quantitative estimate of drug-likeness (QED) is 0.244. The van der Waals surface area contributed by atoms with Crippen LogP contribution in [0.3, 0.4) is 0 Å². The normalized spacial score (nSPS) is 10.6. The van der Waals surface area contributed by atoms with Crippen molar-refractivity contribution in [3.63, 3.8) is 0 Å². The van der Waals surface area contributed by atoms with Gasteiger partial charge in [0, 0.05) is 37.3 Å². The summed E-state index contributed by atoms with van der Waals surface area (Å²) in [4.78, 5) is 16.1. The first-order valence-electron chi connectivity index (χ1n) is 8.21. The van der Waals surface area contributed by atoms with Crippen LogP contribution < -0.4 is 16.0 Å². The monoisotopic (exact) mass is 486 g/mol. The van der Waals surface area contributed by atoms with Crippen LogP contribution >= 0.6 is 35.6 Å². The summed E-state index contributed by atoms with van der Waals surface area (Å²) in [5, 5.41) is 10.0. The summed E-state index contributed by atoms with van der Waals surface area (Å²) in [6.07, 6.45) is 0.878. The summed E-state index contributed by atoms with van der Waals surface area (Å²) in [6.45, 7) is 1.88. The molecule has 2 aromatic carbocycles. The number of hydrogen-bond acceptors (Lipinski definition) is 2. The fraction of sp³-hybridized carbons (Fsp3) is 0.263. The van der Waals surface area contributed by atoms with Gasteiger partial charge in [0.25, 0.3) is 5.91 Å². The molecule has 0 aliphatic rings. The highest BCUT2D eigenvalue weighted by Crippen LogP contribution is 2.09. The van der Waals surface area contributed by atoms with E-state index in [-0.39, 0.29) is 29.9 Å². The molecule has 2 rings (SSSR count). The molecule has 5 nitrogen and oxygen atoms in total. The highest BCUT2D eigenvalue weighted by atomic mass is 127. The Labute approximate surface area is 176 Å². The molecule has 0 unspecified atom stereocenters. The van der Waals surface area contributed by atoms with Gasteiger partial charge in [-0.3, -0.25) is 9.79 Å². The van der Waals surface area contributed by atoms with Crippen molar-refractivity contribution >= 4 is 47.4 Å². The van der Waals surface area contributed by atoms with Crippen molar-refractivity contribution in [3.8, 4) is 0 Å². The minimum Gasteiger partial charge on any atom is -0.356 e. The topological polar surface area (TPSA) is 65.5 Å². The van der Waals surface area contributed by atoms with Gasteiger partial charge in [0.1, 0.15) is 0 Å². The predicted molar refractivity (Wildman–Crippen MR) is 119 cm³/mol. The molecule has 1 amide bonds. The summed E-state index contributed by atoms with van der Waals surface area (Å²) < 4.78 is 0. The summed E-state index contributed by atoms with van der Waals surface area (Å²) in [5.41, 5.74) is 1.87. The molecule has 0 saturated carbocycles. The first kappa shape index (κ1) is 22.2. The molecule has 0 aliphatic carbocycles. The lowest BCUT2D eigenvalue weighted by Gasteiger charge is -2.12. The number of rotatable bonds is 7. The standard InChI is InChI=1S/C19H23ClN4O.HI/c1-21-19(23-12-11-15-7-9-17(20)10-8-15)24-14-13-22-18(25)16-5-3-2-4-6-16;/h2-10H,11-14H2,1H3,(H,22,25)(H2,21,23,24);1H. The molecule has 0 fully saturated rings. The van der Waals surface area contributed by atoms with Crippen LogP contribution in [-0.4, -0.2) is 38.5 Å².